The van der Waals surface area contributed by atoms with Crippen molar-refractivity contribution in [1.82, 2.24) is 4.90 Å². The first-order chi connectivity index (χ1) is 10.9. The predicted molar refractivity (Wildman–Crippen MR) is 84.0 cm³/mol. The monoisotopic (exact) mass is 321 g/mol. The highest BCUT2D eigenvalue weighted by molar-refractivity contribution is 5.68. The zero-order valence-corrected chi connectivity index (χ0v) is 13.8. The fraction of sp³-hybridized carbons (Fsp3) is 0.588. The van der Waals surface area contributed by atoms with Crippen molar-refractivity contribution in [2.24, 2.45) is 0 Å². The van der Waals surface area contributed by atoms with Crippen molar-refractivity contribution in [2.45, 2.75) is 45.3 Å². The standard InChI is InChI=1S/C17H23NO5/c1-17(2,3)23-16(19)18-8-6-12(7-9-18)22-13-4-5-14-15(10-13)21-11-20-14/h4-5,10,12H,6-9,11H2,1-3H3. The number of ether oxygens (including phenoxy) is 4. The number of fused-ring (bicyclic) bond motifs is 1. The maximum atomic E-state index is 12.0. The first-order valence-electron chi connectivity index (χ1n) is 7.95. The largest absolute Gasteiger partial charge is 0.490 e. The molecule has 0 spiro atoms. The molecule has 0 aromatic heterocycles. The van der Waals surface area contributed by atoms with Crippen molar-refractivity contribution in [1.29, 1.82) is 0 Å². The number of rotatable bonds is 2. The summed E-state index contributed by atoms with van der Waals surface area (Å²) in [5.74, 6) is 2.23. The minimum atomic E-state index is -0.461. The molecule has 1 saturated heterocycles. The van der Waals surface area contributed by atoms with E-state index >= 15 is 0 Å². The Morgan fingerprint density at radius 3 is 2.57 bits per heavy atom. The molecule has 2 aliphatic rings. The summed E-state index contributed by atoms with van der Waals surface area (Å²) in [5, 5.41) is 0. The number of piperidine rings is 1. The molecule has 6 nitrogen and oxygen atoms in total. The SMILES string of the molecule is CC(C)(C)OC(=O)N1CCC(Oc2ccc3c(c2)OCO3)CC1. The van der Waals surface area contributed by atoms with E-state index in [1.807, 2.05) is 39.0 Å². The second-order valence-corrected chi connectivity index (χ2v) is 6.80. The Bertz CT molecular complexity index is 573. The van der Waals surface area contributed by atoms with Gasteiger partial charge in [0.2, 0.25) is 6.79 Å². The van der Waals surface area contributed by atoms with Crippen molar-refractivity contribution < 1.29 is 23.7 Å². The van der Waals surface area contributed by atoms with Crippen LogP contribution in [0, 0.1) is 0 Å². The molecule has 2 aliphatic heterocycles. The molecule has 0 aliphatic carbocycles. The molecule has 126 valence electrons. The van der Waals surface area contributed by atoms with Crippen molar-refractivity contribution in [3.05, 3.63) is 18.2 Å². The number of likely N-dealkylation sites (tertiary alicyclic amines) is 1. The van der Waals surface area contributed by atoms with Crippen LogP contribution >= 0.6 is 0 Å². The smallest absolute Gasteiger partial charge is 0.410 e. The van der Waals surface area contributed by atoms with Gasteiger partial charge in [0.15, 0.2) is 11.5 Å². The molecule has 0 saturated carbocycles. The predicted octanol–water partition coefficient (Wildman–Crippen LogP) is 3.19. The lowest BCUT2D eigenvalue weighted by molar-refractivity contribution is 0.0126. The summed E-state index contributed by atoms with van der Waals surface area (Å²) in [6, 6.07) is 5.59. The summed E-state index contributed by atoms with van der Waals surface area (Å²) in [5.41, 5.74) is -0.461. The summed E-state index contributed by atoms with van der Waals surface area (Å²) >= 11 is 0. The van der Waals surface area contributed by atoms with Crippen molar-refractivity contribution in [3.63, 3.8) is 0 Å². The van der Waals surface area contributed by atoms with Gasteiger partial charge in [-0.25, -0.2) is 4.79 Å². The van der Waals surface area contributed by atoms with Crippen LogP contribution in [-0.4, -0.2) is 42.6 Å². The van der Waals surface area contributed by atoms with E-state index in [9.17, 15) is 4.79 Å². The highest BCUT2D eigenvalue weighted by Gasteiger charge is 2.28. The van der Waals surface area contributed by atoms with Crippen LogP contribution < -0.4 is 14.2 Å². The fourth-order valence-electron chi connectivity index (χ4n) is 2.63. The first kappa shape index (κ1) is 15.8. The molecule has 1 aromatic carbocycles. The molecule has 0 unspecified atom stereocenters. The van der Waals surface area contributed by atoms with Gasteiger partial charge in [-0.05, 0) is 32.9 Å². The zero-order valence-electron chi connectivity index (χ0n) is 13.8. The minimum absolute atomic E-state index is 0.0917. The van der Waals surface area contributed by atoms with E-state index in [2.05, 4.69) is 0 Å². The molecule has 6 heteroatoms. The minimum Gasteiger partial charge on any atom is -0.490 e. The molecule has 1 aromatic rings. The molecule has 3 rings (SSSR count). The third kappa shape index (κ3) is 4.00. The van der Waals surface area contributed by atoms with Crippen molar-refractivity contribution in [2.75, 3.05) is 19.9 Å². The highest BCUT2D eigenvalue weighted by Crippen LogP contribution is 2.35. The molecule has 0 atom stereocenters. The van der Waals surface area contributed by atoms with Gasteiger partial charge >= 0.3 is 6.09 Å². The Hall–Kier alpha value is -2.11. The average Bonchev–Trinajstić information content (AvgIpc) is 2.94. The Balaban J connectivity index is 1.50. The maximum Gasteiger partial charge on any atom is 0.410 e. The molecule has 2 heterocycles. The van der Waals surface area contributed by atoms with Crippen LogP contribution in [0.3, 0.4) is 0 Å². The molecule has 23 heavy (non-hydrogen) atoms. The Morgan fingerprint density at radius 1 is 1.17 bits per heavy atom. The van der Waals surface area contributed by atoms with E-state index < -0.39 is 5.60 Å². The van der Waals surface area contributed by atoms with Crippen molar-refractivity contribution >= 4 is 6.09 Å². The Labute approximate surface area is 136 Å². The van der Waals surface area contributed by atoms with Crippen molar-refractivity contribution in [3.8, 4) is 17.2 Å². The van der Waals surface area contributed by atoms with Gasteiger partial charge in [-0.3, -0.25) is 0 Å². The highest BCUT2D eigenvalue weighted by atomic mass is 16.7. The van der Waals surface area contributed by atoms with E-state index in [1.165, 1.54) is 0 Å². The van der Waals surface area contributed by atoms with Gasteiger partial charge in [0.1, 0.15) is 17.5 Å². The Morgan fingerprint density at radius 2 is 1.87 bits per heavy atom. The summed E-state index contributed by atoms with van der Waals surface area (Å²) in [4.78, 5) is 13.8. The summed E-state index contributed by atoms with van der Waals surface area (Å²) in [6.07, 6.45) is 1.41. The molecular weight excluding hydrogens is 298 g/mol. The summed E-state index contributed by atoms with van der Waals surface area (Å²) < 4.78 is 22.0. The van der Waals surface area contributed by atoms with Gasteiger partial charge in [-0.2, -0.15) is 0 Å². The Kier molecular flexibility index (Phi) is 4.24. The van der Waals surface area contributed by atoms with Crippen LogP contribution in [0.2, 0.25) is 0 Å². The van der Waals surface area contributed by atoms with Gasteiger partial charge in [-0.1, -0.05) is 0 Å². The van der Waals surface area contributed by atoms with Crippen LogP contribution in [0.1, 0.15) is 33.6 Å². The number of hydrogen-bond donors (Lipinski definition) is 0. The third-order valence-corrected chi connectivity index (χ3v) is 3.74. The lowest BCUT2D eigenvalue weighted by Gasteiger charge is -2.33. The van der Waals surface area contributed by atoms with Gasteiger partial charge in [0.05, 0.1) is 0 Å². The number of carbonyl (C=O) groups is 1. The number of hydrogen-bond acceptors (Lipinski definition) is 5. The summed E-state index contributed by atoms with van der Waals surface area (Å²) in [6.45, 7) is 7.17. The molecule has 0 N–H and O–H groups in total. The van der Waals surface area contributed by atoms with Crippen LogP contribution in [0.4, 0.5) is 4.79 Å². The van der Waals surface area contributed by atoms with Gasteiger partial charge < -0.3 is 23.8 Å². The fourth-order valence-corrected chi connectivity index (χ4v) is 2.63. The van der Waals surface area contributed by atoms with E-state index in [4.69, 9.17) is 18.9 Å². The molecule has 0 bridgehead atoms. The molecule has 1 fully saturated rings. The second-order valence-electron chi connectivity index (χ2n) is 6.80. The van der Waals surface area contributed by atoms with E-state index in [0.29, 0.717) is 18.8 Å². The quantitative estimate of drug-likeness (QED) is 0.837. The van der Waals surface area contributed by atoms with E-state index in [1.54, 1.807) is 4.90 Å². The normalized spacial score (nSPS) is 18.0. The topological polar surface area (TPSA) is 57.2 Å². The summed E-state index contributed by atoms with van der Waals surface area (Å²) in [7, 11) is 0. The lowest BCUT2D eigenvalue weighted by Crippen LogP contribution is -2.44. The average molecular weight is 321 g/mol. The molecular formula is C17H23NO5. The molecule has 1 amide bonds. The van der Waals surface area contributed by atoms with E-state index in [-0.39, 0.29) is 19.0 Å². The number of nitrogens with zero attached hydrogens (tertiary/aromatic N) is 1. The molecule has 0 radical (unpaired) electrons. The second kappa shape index (κ2) is 6.18. The third-order valence-electron chi connectivity index (χ3n) is 3.74. The first-order valence-corrected chi connectivity index (χ1v) is 7.95. The van der Waals surface area contributed by atoms with Crippen LogP contribution in [0.15, 0.2) is 18.2 Å². The van der Waals surface area contributed by atoms with E-state index in [0.717, 1.165) is 24.3 Å². The number of amides is 1. The van der Waals surface area contributed by atoms with Crippen LogP contribution in [-0.2, 0) is 4.74 Å². The lowest BCUT2D eigenvalue weighted by atomic mass is 10.1. The van der Waals surface area contributed by atoms with Gasteiger partial charge in [-0.15, -0.1) is 0 Å². The van der Waals surface area contributed by atoms with Gasteiger partial charge in [0.25, 0.3) is 0 Å². The number of carbonyl (C=O) groups excluding carboxylic acids is 1. The van der Waals surface area contributed by atoms with Crippen LogP contribution in [0.5, 0.6) is 17.2 Å². The van der Waals surface area contributed by atoms with Gasteiger partial charge in [0, 0.05) is 32.0 Å². The zero-order chi connectivity index (χ0) is 16.4. The number of benzene rings is 1. The van der Waals surface area contributed by atoms with Crippen LogP contribution in [0.25, 0.3) is 0 Å². The maximum absolute atomic E-state index is 12.0.